The number of H-pyrrole nitrogens is 1. The summed E-state index contributed by atoms with van der Waals surface area (Å²) in [6, 6.07) is 11.8. The molecular weight excluding hydrogens is 267 g/mol. The first kappa shape index (κ1) is 11.6. The number of benzene rings is 2. The zero-order valence-electron chi connectivity index (χ0n) is 9.67. The second kappa shape index (κ2) is 4.30. The first-order valence-electron chi connectivity index (χ1n) is 5.55. The third-order valence-corrected chi connectivity index (χ3v) is 3.57. The number of hydrogen-bond acceptors (Lipinski definition) is 1. The van der Waals surface area contributed by atoms with Crippen molar-refractivity contribution >= 4 is 34.2 Å². The molecule has 90 valence electrons. The number of aryl methyl sites for hydroxylation is 1. The van der Waals surface area contributed by atoms with Gasteiger partial charge in [0.05, 0.1) is 21.1 Å². The van der Waals surface area contributed by atoms with Crippen molar-refractivity contribution in [1.82, 2.24) is 9.97 Å². The Hall–Kier alpha value is -1.51. The van der Waals surface area contributed by atoms with Crippen molar-refractivity contribution in [3.63, 3.8) is 0 Å². The number of hydrogen-bond donors (Lipinski definition) is 1. The zero-order valence-corrected chi connectivity index (χ0v) is 11.2. The standard InChI is InChI=1S/C14H10Cl2N2/c1-8-2-4-9(5-3-8)14-17-12-6-10(15)11(16)7-13(12)18-14/h2-7H,1H3,(H,17,18). The van der Waals surface area contributed by atoms with E-state index in [4.69, 9.17) is 23.2 Å². The quantitative estimate of drug-likeness (QED) is 0.677. The summed E-state index contributed by atoms with van der Waals surface area (Å²) >= 11 is 12.0. The fourth-order valence-electron chi connectivity index (χ4n) is 1.85. The van der Waals surface area contributed by atoms with Gasteiger partial charge >= 0.3 is 0 Å². The Morgan fingerprint density at radius 2 is 1.67 bits per heavy atom. The van der Waals surface area contributed by atoms with Crippen molar-refractivity contribution < 1.29 is 0 Å². The van der Waals surface area contributed by atoms with Gasteiger partial charge in [0.25, 0.3) is 0 Å². The molecule has 0 spiro atoms. The van der Waals surface area contributed by atoms with Crippen LogP contribution >= 0.6 is 23.2 Å². The van der Waals surface area contributed by atoms with Gasteiger partial charge in [-0.15, -0.1) is 0 Å². The molecule has 1 heterocycles. The summed E-state index contributed by atoms with van der Waals surface area (Å²) in [6.45, 7) is 2.06. The largest absolute Gasteiger partial charge is 0.338 e. The lowest BCUT2D eigenvalue weighted by molar-refractivity contribution is 1.33. The van der Waals surface area contributed by atoms with Crippen LogP contribution in [0.5, 0.6) is 0 Å². The highest BCUT2D eigenvalue weighted by Gasteiger charge is 2.07. The molecule has 0 fully saturated rings. The van der Waals surface area contributed by atoms with Crippen LogP contribution in [-0.2, 0) is 0 Å². The second-order valence-electron chi connectivity index (χ2n) is 4.23. The van der Waals surface area contributed by atoms with Crippen molar-refractivity contribution in [1.29, 1.82) is 0 Å². The van der Waals surface area contributed by atoms with Crippen LogP contribution in [0.2, 0.25) is 10.0 Å². The molecule has 0 saturated carbocycles. The van der Waals surface area contributed by atoms with Crippen LogP contribution in [0, 0.1) is 6.92 Å². The summed E-state index contributed by atoms with van der Waals surface area (Å²) < 4.78 is 0. The minimum atomic E-state index is 0.520. The lowest BCUT2D eigenvalue weighted by Gasteiger charge is -1.96. The van der Waals surface area contributed by atoms with E-state index in [0.717, 1.165) is 22.4 Å². The molecule has 0 saturated heterocycles. The van der Waals surface area contributed by atoms with E-state index in [1.54, 1.807) is 12.1 Å². The van der Waals surface area contributed by atoms with Gasteiger partial charge in [-0.05, 0) is 19.1 Å². The Labute approximate surface area is 115 Å². The fourth-order valence-corrected chi connectivity index (χ4v) is 2.17. The van der Waals surface area contributed by atoms with Gasteiger partial charge in [-0.25, -0.2) is 4.98 Å². The van der Waals surface area contributed by atoms with E-state index >= 15 is 0 Å². The van der Waals surface area contributed by atoms with Gasteiger partial charge in [0.15, 0.2) is 0 Å². The van der Waals surface area contributed by atoms with Crippen molar-refractivity contribution in [2.24, 2.45) is 0 Å². The van der Waals surface area contributed by atoms with Crippen molar-refractivity contribution in [3.8, 4) is 11.4 Å². The Kier molecular flexibility index (Phi) is 2.77. The Morgan fingerprint density at radius 3 is 2.39 bits per heavy atom. The molecule has 2 nitrogen and oxygen atoms in total. The molecule has 3 rings (SSSR count). The number of halogens is 2. The highest BCUT2D eigenvalue weighted by atomic mass is 35.5. The summed E-state index contributed by atoms with van der Waals surface area (Å²) in [7, 11) is 0. The molecule has 18 heavy (non-hydrogen) atoms. The molecule has 0 unspecified atom stereocenters. The minimum absolute atomic E-state index is 0.520. The number of fused-ring (bicyclic) bond motifs is 1. The topological polar surface area (TPSA) is 28.7 Å². The second-order valence-corrected chi connectivity index (χ2v) is 5.05. The van der Waals surface area contributed by atoms with Crippen LogP contribution in [0.15, 0.2) is 36.4 Å². The summed E-state index contributed by atoms with van der Waals surface area (Å²) in [5, 5.41) is 1.05. The Bertz CT molecular complexity index is 675. The predicted octanol–water partition coefficient (Wildman–Crippen LogP) is 4.85. The van der Waals surface area contributed by atoms with Gasteiger partial charge in [0.1, 0.15) is 5.82 Å². The van der Waals surface area contributed by atoms with Gasteiger partial charge in [-0.1, -0.05) is 53.0 Å². The van der Waals surface area contributed by atoms with Gasteiger partial charge < -0.3 is 4.98 Å². The molecule has 0 amide bonds. The lowest BCUT2D eigenvalue weighted by Crippen LogP contribution is -1.80. The van der Waals surface area contributed by atoms with E-state index in [2.05, 4.69) is 29.0 Å². The number of nitrogens with zero attached hydrogens (tertiary/aromatic N) is 1. The van der Waals surface area contributed by atoms with Gasteiger partial charge in [-0.2, -0.15) is 0 Å². The number of aromatic amines is 1. The maximum absolute atomic E-state index is 5.98. The number of rotatable bonds is 1. The molecule has 0 radical (unpaired) electrons. The number of imidazole rings is 1. The normalized spacial score (nSPS) is 11.1. The summed E-state index contributed by atoms with van der Waals surface area (Å²) in [5.74, 6) is 0.823. The van der Waals surface area contributed by atoms with Crippen molar-refractivity contribution in [3.05, 3.63) is 52.0 Å². The van der Waals surface area contributed by atoms with Crippen molar-refractivity contribution in [2.45, 2.75) is 6.92 Å². The summed E-state index contributed by atoms with van der Waals surface area (Å²) in [6.07, 6.45) is 0. The van der Waals surface area contributed by atoms with Crippen LogP contribution in [0.4, 0.5) is 0 Å². The van der Waals surface area contributed by atoms with Gasteiger partial charge in [0.2, 0.25) is 0 Å². The molecule has 3 aromatic rings. The van der Waals surface area contributed by atoms with Crippen LogP contribution in [-0.4, -0.2) is 9.97 Å². The highest BCUT2D eigenvalue weighted by Crippen LogP contribution is 2.28. The molecule has 0 aliphatic carbocycles. The van der Waals surface area contributed by atoms with Crippen LogP contribution < -0.4 is 0 Å². The molecular formula is C14H10Cl2N2. The third-order valence-electron chi connectivity index (χ3n) is 2.85. The molecule has 0 atom stereocenters. The average Bonchev–Trinajstić information content (AvgIpc) is 2.73. The lowest BCUT2D eigenvalue weighted by atomic mass is 10.1. The minimum Gasteiger partial charge on any atom is -0.338 e. The SMILES string of the molecule is Cc1ccc(-c2nc3cc(Cl)c(Cl)cc3[nH]2)cc1. The molecule has 1 N–H and O–H groups in total. The molecule has 0 aliphatic heterocycles. The highest BCUT2D eigenvalue weighted by molar-refractivity contribution is 6.42. The summed E-state index contributed by atoms with van der Waals surface area (Å²) in [4.78, 5) is 7.76. The van der Waals surface area contributed by atoms with E-state index in [0.29, 0.717) is 10.0 Å². The van der Waals surface area contributed by atoms with Crippen LogP contribution in [0.25, 0.3) is 22.4 Å². The number of nitrogens with one attached hydrogen (secondary N) is 1. The average molecular weight is 277 g/mol. The van der Waals surface area contributed by atoms with E-state index in [1.165, 1.54) is 5.56 Å². The van der Waals surface area contributed by atoms with Gasteiger partial charge in [-0.3, -0.25) is 0 Å². The van der Waals surface area contributed by atoms with Crippen LogP contribution in [0.3, 0.4) is 0 Å². The predicted molar refractivity (Wildman–Crippen MR) is 76.3 cm³/mol. The Morgan fingerprint density at radius 1 is 1.00 bits per heavy atom. The van der Waals surface area contributed by atoms with Crippen molar-refractivity contribution in [2.75, 3.05) is 0 Å². The van der Waals surface area contributed by atoms with E-state index in [-0.39, 0.29) is 0 Å². The fraction of sp³-hybridized carbons (Fsp3) is 0.0714. The maximum Gasteiger partial charge on any atom is 0.138 e. The van der Waals surface area contributed by atoms with Crippen LogP contribution in [0.1, 0.15) is 5.56 Å². The zero-order chi connectivity index (χ0) is 12.7. The third kappa shape index (κ3) is 1.98. The number of aromatic nitrogens is 2. The molecule has 0 aliphatic rings. The van der Waals surface area contributed by atoms with E-state index < -0.39 is 0 Å². The summed E-state index contributed by atoms with van der Waals surface area (Å²) in [5.41, 5.74) is 3.98. The molecule has 0 bridgehead atoms. The molecule has 2 aromatic carbocycles. The Balaban J connectivity index is 2.16. The smallest absolute Gasteiger partial charge is 0.138 e. The molecule has 1 aromatic heterocycles. The van der Waals surface area contributed by atoms with E-state index in [9.17, 15) is 0 Å². The first-order chi connectivity index (χ1) is 8.63. The first-order valence-corrected chi connectivity index (χ1v) is 6.31. The monoisotopic (exact) mass is 276 g/mol. The maximum atomic E-state index is 5.98. The van der Waals surface area contributed by atoms with Gasteiger partial charge in [0, 0.05) is 5.56 Å². The van der Waals surface area contributed by atoms with E-state index in [1.807, 2.05) is 12.1 Å². The molecule has 4 heteroatoms.